The van der Waals surface area contributed by atoms with E-state index in [1.165, 1.54) is 6.07 Å². The van der Waals surface area contributed by atoms with E-state index in [-0.39, 0.29) is 21.1 Å². The van der Waals surface area contributed by atoms with Gasteiger partial charge in [0.15, 0.2) is 0 Å². The summed E-state index contributed by atoms with van der Waals surface area (Å²) >= 11 is 0. The topological polar surface area (TPSA) is 86.5 Å². The first-order chi connectivity index (χ1) is 9.11. The lowest BCUT2D eigenvalue weighted by molar-refractivity contribution is 0.0999. The monoisotopic (exact) mass is 295 g/mol. The summed E-state index contributed by atoms with van der Waals surface area (Å²) in [5, 5.41) is 0. The number of primary amides is 1. The molecular weight excluding hydrogens is 278 g/mol. The van der Waals surface area contributed by atoms with Crippen molar-refractivity contribution in [1.29, 1.82) is 0 Å². The number of carbonyl (C=O) groups excluding carboxylic acids is 1. The van der Waals surface area contributed by atoms with Crippen molar-refractivity contribution in [3.63, 3.8) is 0 Å². The molecule has 1 amide bonds. The van der Waals surface area contributed by atoms with E-state index in [9.17, 15) is 13.2 Å². The van der Waals surface area contributed by atoms with Gasteiger partial charge in [0.1, 0.15) is 16.2 Å². The van der Waals surface area contributed by atoms with E-state index in [1.807, 2.05) is 6.92 Å². The Hall–Kier alpha value is -1.82. The minimum atomic E-state index is -3.74. The van der Waals surface area contributed by atoms with Crippen LogP contribution in [0.25, 0.3) is 0 Å². The molecule has 0 radical (unpaired) electrons. The summed E-state index contributed by atoms with van der Waals surface area (Å²) < 4.78 is 30.6. The van der Waals surface area contributed by atoms with Crippen molar-refractivity contribution in [2.45, 2.75) is 37.7 Å². The molecule has 0 saturated carbocycles. The molecule has 5 nitrogen and oxygen atoms in total. The van der Waals surface area contributed by atoms with E-state index in [0.717, 1.165) is 0 Å². The molecule has 0 atom stereocenters. The molecule has 0 aromatic heterocycles. The second-order valence-corrected chi connectivity index (χ2v) is 7.15. The van der Waals surface area contributed by atoms with Gasteiger partial charge in [-0.25, -0.2) is 8.42 Å². The highest BCUT2D eigenvalue weighted by molar-refractivity contribution is 7.95. The first-order valence-corrected chi connectivity index (χ1v) is 7.69. The van der Waals surface area contributed by atoms with Crippen LogP contribution in [-0.2, 0) is 16.3 Å². The minimum Gasteiger partial charge on any atom is -0.481 e. The molecule has 0 fully saturated rings. The number of benzene rings is 1. The number of rotatable bonds is 2. The van der Waals surface area contributed by atoms with Crippen molar-refractivity contribution in [3.8, 4) is 5.75 Å². The number of ether oxygens (including phenoxy) is 1. The van der Waals surface area contributed by atoms with Crippen LogP contribution in [-0.4, -0.2) is 19.9 Å². The molecule has 0 aliphatic carbocycles. The Morgan fingerprint density at radius 2 is 2.00 bits per heavy atom. The highest BCUT2D eigenvalue weighted by Gasteiger charge is 2.42. The lowest BCUT2D eigenvalue weighted by Crippen LogP contribution is -2.38. The van der Waals surface area contributed by atoms with E-state index in [2.05, 4.69) is 6.58 Å². The fourth-order valence-electron chi connectivity index (χ4n) is 2.20. The Morgan fingerprint density at radius 3 is 2.50 bits per heavy atom. The average molecular weight is 295 g/mol. The van der Waals surface area contributed by atoms with Crippen LogP contribution in [0, 0.1) is 0 Å². The van der Waals surface area contributed by atoms with E-state index in [1.54, 1.807) is 19.9 Å². The van der Waals surface area contributed by atoms with Crippen molar-refractivity contribution in [2.24, 2.45) is 5.73 Å². The van der Waals surface area contributed by atoms with Gasteiger partial charge in [0.25, 0.3) is 0 Å². The average Bonchev–Trinajstić information content (AvgIpc) is 2.34. The molecular formula is C14H17NO4S. The number of fused-ring (bicyclic) bond motifs is 1. The Kier molecular flexibility index (Phi) is 3.17. The van der Waals surface area contributed by atoms with Gasteiger partial charge in [-0.3, -0.25) is 4.79 Å². The molecule has 1 aromatic carbocycles. The number of aryl methyl sites for hydroxylation is 1. The molecule has 0 spiro atoms. The Morgan fingerprint density at radius 1 is 1.40 bits per heavy atom. The molecule has 6 heteroatoms. The fraction of sp³-hybridized carbons (Fsp3) is 0.357. The second-order valence-electron chi connectivity index (χ2n) is 5.21. The third-order valence-electron chi connectivity index (χ3n) is 3.47. The molecule has 1 aliphatic heterocycles. The van der Waals surface area contributed by atoms with Crippen LogP contribution in [0.3, 0.4) is 0 Å². The van der Waals surface area contributed by atoms with Gasteiger partial charge in [-0.1, -0.05) is 13.5 Å². The normalized spacial score (nSPS) is 19.1. The summed E-state index contributed by atoms with van der Waals surface area (Å²) in [5.41, 5.74) is 5.16. The summed E-state index contributed by atoms with van der Waals surface area (Å²) in [7, 11) is -3.74. The van der Waals surface area contributed by atoms with Gasteiger partial charge in [-0.05, 0) is 38.0 Å². The first-order valence-electron chi connectivity index (χ1n) is 6.21. The number of amides is 1. The molecule has 0 unspecified atom stereocenters. The van der Waals surface area contributed by atoms with Crippen molar-refractivity contribution in [2.75, 3.05) is 0 Å². The molecule has 108 valence electrons. The molecule has 1 aliphatic rings. The van der Waals surface area contributed by atoms with Gasteiger partial charge in [0.05, 0.1) is 4.91 Å². The summed E-state index contributed by atoms with van der Waals surface area (Å²) in [4.78, 5) is 11.4. The van der Waals surface area contributed by atoms with Crippen LogP contribution in [0.1, 0.15) is 36.7 Å². The van der Waals surface area contributed by atoms with E-state index < -0.39 is 21.3 Å². The predicted octanol–water partition coefficient (Wildman–Crippen LogP) is 1.81. The van der Waals surface area contributed by atoms with Crippen molar-refractivity contribution >= 4 is 15.7 Å². The Balaban J connectivity index is 2.80. The zero-order valence-corrected chi connectivity index (χ0v) is 12.5. The summed E-state index contributed by atoms with van der Waals surface area (Å²) in [6.45, 7) is 8.75. The highest BCUT2D eigenvalue weighted by atomic mass is 32.2. The van der Waals surface area contributed by atoms with Crippen LogP contribution in [0.5, 0.6) is 5.75 Å². The molecule has 0 saturated heterocycles. The second kappa shape index (κ2) is 4.34. The minimum absolute atomic E-state index is 0.0304. The largest absolute Gasteiger partial charge is 0.481 e. The number of hydrogen-bond donors (Lipinski definition) is 1. The zero-order valence-electron chi connectivity index (χ0n) is 11.7. The lowest BCUT2D eigenvalue weighted by atomic mass is 10.0. The van der Waals surface area contributed by atoms with Crippen LogP contribution in [0.4, 0.5) is 0 Å². The quantitative estimate of drug-likeness (QED) is 0.901. The maximum atomic E-state index is 12.5. The maximum absolute atomic E-state index is 12.5. The van der Waals surface area contributed by atoms with E-state index >= 15 is 0 Å². The van der Waals surface area contributed by atoms with Crippen LogP contribution < -0.4 is 10.5 Å². The van der Waals surface area contributed by atoms with Crippen LogP contribution in [0.2, 0.25) is 0 Å². The van der Waals surface area contributed by atoms with Gasteiger partial charge >= 0.3 is 0 Å². The van der Waals surface area contributed by atoms with E-state index in [0.29, 0.717) is 12.0 Å². The first kappa shape index (κ1) is 14.6. The maximum Gasteiger partial charge on any atom is 0.249 e. The van der Waals surface area contributed by atoms with Gasteiger partial charge in [0.2, 0.25) is 15.7 Å². The Bertz CT molecular complexity index is 717. The van der Waals surface area contributed by atoms with E-state index in [4.69, 9.17) is 10.5 Å². The van der Waals surface area contributed by atoms with Crippen molar-refractivity contribution in [3.05, 3.63) is 34.7 Å². The molecule has 20 heavy (non-hydrogen) atoms. The Labute approximate surface area is 118 Å². The van der Waals surface area contributed by atoms with Gasteiger partial charge in [-0.2, -0.15) is 0 Å². The number of nitrogens with two attached hydrogens (primary N) is 1. The van der Waals surface area contributed by atoms with Crippen LogP contribution >= 0.6 is 0 Å². The molecule has 2 rings (SSSR count). The SMILES string of the molecule is C=C1C(C)(C)Oc2cc(CC)c(C(N)=O)cc2S1(=O)=O. The molecule has 2 N–H and O–H groups in total. The smallest absolute Gasteiger partial charge is 0.249 e. The summed E-state index contributed by atoms with van der Waals surface area (Å²) in [6.07, 6.45) is 0.552. The number of carbonyl (C=O) groups is 1. The standard InChI is InChI=1S/C14H17NO4S/c1-5-9-6-11-12(7-10(9)13(15)16)20(17,18)8(2)14(3,4)19-11/h6-7H,2,5H2,1,3-4H3,(H2,15,16). The lowest BCUT2D eigenvalue weighted by Gasteiger charge is -2.34. The number of sulfone groups is 1. The molecule has 1 aromatic rings. The molecule has 1 heterocycles. The van der Waals surface area contributed by atoms with Crippen molar-refractivity contribution in [1.82, 2.24) is 0 Å². The number of hydrogen-bond acceptors (Lipinski definition) is 4. The molecule has 0 bridgehead atoms. The third-order valence-corrected chi connectivity index (χ3v) is 5.50. The zero-order chi connectivity index (χ0) is 15.3. The van der Waals surface area contributed by atoms with Gasteiger partial charge in [-0.15, -0.1) is 0 Å². The summed E-state index contributed by atoms with van der Waals surface area (Å²) in [6, 6.07) is 2.85. The van der Waals surface area contributed by atoms with Gasteiger partial charge in [0, 0.05) is 5.56 Å². The van der Waals surface area contributed by atoms with Gasteiger partial charge < -0.3 is 10.5 Å². The predicted molar refractivity (Wildman–Crippen MR) is 75.4 cm³/mol. The highest BCUT2D eigenvalue weighted by Crippen LogP contribution is 2.42. The third kappa shape index (κ3) is 2.00. The fourth-order valence-corrected chi connectivity index (χ4v) is 3.79. The van der Waals surface area contributed by atoms with Crippen molar-refractivity contribution < 1.29 is 17.9 Å². The summed E-state index contributed by atoms with van der Waals surface area (Å²) in [5.74, 6) is -0.417. The van der Waals surface area contributed by atoms with Crippen LogP contribution in [0.15, 0.2) is 28.5 Å².